The molecule has 0 heterocycles. The lowest BCUT2D eigenvalue weighted by molar-refractivity contribution is -0.137. The number of hydrogen-bond donors (Lipinski definition) is 0. The van der Waals surface area contributed by atoms with Crippen LogP contribution in [-0.2, 0) is 6.18 Å². The molecule has 0 aromatic heterocycles. The summed E-state index contributed by atoms with van der Waals surface area (Å²) in [5, 5.41) is 4.23. The summed E-state index contributed by atoms with van der Waals surface area (Å²) in [7, 11) is 0. The highest BCUT2D eigenvalue weighted by atomic mass is 19.4. The molecule has 0 aliphatic carbocycles. The van der Waals surface area contributed by atoms with Crippen LogP contribution >= 0.6 is 0 Å². The van der Waals surface area contributed by atoms with Gasteiger partial charge < -0.3 is 0 Å². The van der Waals surface area contributed by atoms with Crippen molar-refractivity contribution >= 4 is 21.5 Å². The van der Waals surface area contributed by atoms with Crippen molar-refractivity contribution in [3.63, 3.8) is 0 Å². The maximum Gasteiger partial charge on any atom is 0.416 e. The van der Waals surface area contributed by atoms with Gasteiger partial charge in [-0.15, -0.1) is 0 Å². The minimum absolute atomic E-state index is 0.629. The molecule has 4 rings (SSSR count). The molecule has 24 heavy (non-hydrogen) atoms. The lowest BCUT2D eigenvalue weighted by Gasteiger charge is -2.13. The Balaban J connectivity index is 2.03. The normalized spacial score (nSPS) is 12.0. The second-order valence-corrected chi connectivity index (χ2v) is 5.77. The first-order valence-electron chi connectivity index (χ1n) is 7.62. The van der Waals surface area contributed by atoms with E-state index in [0.717, 1.165) is 44.8 Å². The number of hydrogen-bond acceptors (Lipinski definition) is 0. The second-order valence-electron chi connectivity index (χ2n) is 5.77. The molecule has 0 amide bonds. The van der Waals surface area contributed by atoms with E-state index in [0.29, 0.717) is 0 Å². The molecule has 0 bridgehead atoms. The fourth-order valence-corrected chi connectivity index (χ4v) is 3.15. The van der Waals surface area contributed by atoms with Gasteiger partial charge in [0.2, 0.25) is 0 Å². The summed E-state index contributed by atoms with van der Waals surface area (Å²) in [4.78, 5) is 0. The van der Waals surface area contributed by atoms with Crippen LogP contribution in [-0.4, -0.2) is 0 Å². The third-order valence-electron chi connectivity index (χ3n) is 4.27. The van der Waals surface area contributed by atoms with E-state index in [9.17, 15) is 13.2 Å². The Morgan fingerprint density at radius 3 is 1.58 bits per heavy atom. The summed E-state index contributed by atoms with van der Waals surface area (Å²) in [6, 6.07) is 23.4. The van der Waals surface area contributed by atoms with Gasteiger partial charge in [-0.3, -0.25) is 0 Å². The molecule has 0 aliphatic heterocycles. The van der Waals surface area contributed by atoms with Crippen LogP contribution in [0.3, 0.4) is 0 Å². The molecule has 0 saturated carbocycles. The molecule has 0 nitrogen and oxygen atoms in total. The Morgan fingerprint density at radius 1 is 0.583 bits per heavy atom. The van der Waals surface area contributed by atoms with Gasteiger partial charge in [0, 0.05) is 0 Å². The van der Waals surface area contributed by atoms with Gasteiger partial charge in [-0.2, -0.15) is 13.2 Å². The minimum Gasteiger partial charge on any atom is -0.166 e. The highest BCUT2D eigenvalue weighted by molar-refractivity contribution is 6.12. The van der Waals surface area contributed by atoms with Crippen molar-refractivity contribution < 1.29 is 13.2 Å². The van der Waals surface area contributed by atoms with Crippen molar-refractivity contribution in [2.24, 2.45) is 0 Å². The van der Waals surface area contributed by atoms with Crippen molar-refractivity contribution in [2.75, 3.05) is 0 Å². The Hall–Kier alpha value is -2.81. The number of fused-ring (bicyclic) bond motifs is 2. The standard InChI is InChI=1S/C21H13F3/c22-21(23,24)17-11-9-14(10-12-17)20-18-7-3-1-5-15(18)13-16-6-2-4-8-19(16)20/h1-13H. The number of benzene rings is 4. The topological polar surface area (TPSA) is 0 Å². The predicted molar refractivity (Wildman–Crippen MR) is 91.9 cm³/mol. The molecule has 4 aromatic carbocycles. The Labute approximate surface area is 137 Å². The molecule has 0 aliphatic rings. The van der Waals surface area contributed by atoms with E-state index in [2.05, 4.69) is 6.07 Å². The zero-order chi connectivity index (χ0) is 16.7. The molecule has 118 valence electrons. The molecule has 3 heteroatoms. The van der Waals surface area contributed by atoms with Gasteiger partial charge in [0.15, 0.2) is 0 Å². The smallest absolute Gasteiger partial charge is 0.166 e. The quantitative estimate of drug-likeness (QED) is 0.343. The largest absolute Gasteiger partial charge is 0.416 e. The van der Waals surface area contributed by atoms with Gasteiger partial charge in [-0.25, -0.2) is 0 Å². The summed E-state index contributed by atoms with van der Waals surface area (Å²) in [5.41, 5.74) is 1.13. The maximum atomic E-state index is 12.8. The van der Waals surface area contributed by atoms with Crippen LogP contribution < -0.4 is 0 Å². The predicted octanol–water partition coefficient (Wildman–Crippen LogP) is 6.68. The van der Waals surface area contributed by atoms with Gasteiger partial charge in [0.1, 0.15) is 0 Å². The van der Waals surface area contributed by atoms with Crippen LogP contribution in [0.15, 0.2) is 78.9 Å². The molecular weight excluding hydrogens is 309 g/mol. The lowest BCUT2D eigenvalue weighted by atomic mass is 9.92. The summed E-state index contributed by atoms with van der Waals surface area (Å²) >= 11 is 0. The maximum absolute atomic E-state index is 12.8. The molecule has 0 spiro atoms. The van der Waals surface area contributed by atoms with Crippen molar-refractivity contribution in [1.29, 1.82) is 0 Å². The van der Waals surface area contributed by atoms with E-state index in [1.807, 2.05) is 48.5 Å². The van der Waals surface area contributed by atoms with E-state index in [1.165, 1.54) is 0 Å². The van der Waals surface area contributed by atoms with Crippen LogP contribution in [0.4, 0.5) is 13.2 Å². The van der Waals surface area contributed by atoms with Crippen LogP contribution in [0.2, 0.25) is 0 Å². The van der Waals surface area contributed by atoms with Crippen molar-refractivity contribution in [3.05, 3.63) is 84.4 Å². The van der Waals surface area contributed by atoms with Crippen molar-refractivity contribution in [2.45, 2.75) is 6.18 Å². The van der Waals surface area contributed by atoms with E-state index >= 15 is 0 Å². The van der Waals surface area contributed by atoms with Crippen LogP contribution in [0.1, 0.15) is 5.56 Å². The van der Waals surface area contributed by atoms with E-state index < -0.39 is 11.7 Å². The van der Waals surface area contributed by atoms with Gasteiger partial charge in [-0.05, 0) is 50.9 Å². The highest BCUT2D eigenvalue weighted by Crippen LogP contribution is 2.37. The molecule has 0 fully saturated rings. The third kappa shape index (κ3) is 2.42. The first-order chi connectivity index (χ1) is 11.5. The lowest BCUT2D eigenvalue weighted by Crippen LogP contribution is -2.04. The average molecular weight is 322 g/mol. The zero-order valence-corrected chi connectivity index (χ0v) is 12.6. The SMILES string of the molecule is FC(F)(F)c1ccc(-c2c3ccccc3cc3ccccc23)cc1. The monoisotopic (exact) mass is 322 g/mol. The molecular formula is C21H13F3. The van der Waals surface area contributed by atoms with Gasteiger partial charge in [0.05, 0.1) is 5.56 Å². The van der Waals surface area contributed by atoms with Crippen LogP contribution in [0.5, 0.6) is 0 Å². The van der Waals surface area contributed by atoms with Gasteiger partial charge >= 0.3 is 6.18 Å². The molecule has 0 unspecified atom stereocenters. The van der Waals surface area contributed by atoms with E-state index in [4.69, 9.17) is 0 Å². The van der Waals surface area contributed by atoms with E-state index in [-0.39, 0.29) is 0 Å². The van der Waals surface area contributed by atoms with Crippen molar-refractivity contribution in [3.8, 4) is 11.1 Å². The molecule has 4 aromatic rings. The van der Waals surface area contributed by atoms with Crippen molar-refractivity contribution in [1.82, 2.24) is 0 Å². The highest BCUT2D eigenvalue weighted by Gasteiger charge is 2.30. The minimum atomic E-state index is -4.32. The number of rotatable bonds is 1. The fourth-order valence-electron chi connectivity index (χ4n) is 3.15. The second kappa shape index (κ2) is 5.38. The van der Waals surface area contributed by atoms with Crippen LogP contribution in [0.25, 0.3) is 32.7 Å². The zero-order valence-electron chi connectivity index (χ0n) is 12.6. The summed E-state index contributed by atoms with van der Waals surface area (Å²) < 4.78 is 38.5. The first-order valence-corrected chi connectivity index (χ1v) is 7.62. The summed E-state index contributed by atoms with van der Waals surface area (Å²) in [6.45, 7) is 0. The van der Waals surface area contributed by atoms with Gasteiger partial charge in [-0.1, -0.05) is 60.7 Å². The average Bonchev–Trinajstić information content (AvgIpc) is 2.59. The third-order valence-corrected chi connectivity index (χ3v) is 4.27. The summed E-state index contributed by atoms with van der Waals surface area (Å²) in [5.74, 6) is 0. The Bertz CT molecular complexity index is 974. The summed E-state index contributed by atoms with van der Waals surface area (Å²) in [6.07, 6.45) is -4.32. The van der Waals surface area contributed by atoms with Crippen LogP contribution in [0, 0.1) is 0 Å². The first kappa shape index (κ1) is 14.8. The van der Waals surface area contributed by atoms with E-state index in [1.54, 1.807) is 12.1 Å². The molecule has 0 radical (unpaired) electrons. The Kier molecular flexibility index (Phi) is 3.31. The fraction of sp³-hybridized carbons (Fsp3) is 0.0476. The molecule has 0 saturated heterocycles. The molecule has 0 atom stereocenters. The number of halogens is 3. The van der Waals surface area contributed by atoms with Gasteiger partial charge in [0.25, 0.3) is 0 Å². The number of alkyl halides is 3. The molecule has 0 N–H and O–H groups in total. The Morgan fingerprint density at radius 2 is 1.08 bits per heavy atom.